The van der Waals surface area contributed by atoms with Crippen LogP contribution in [0.25, 0.3) is 0 Å². The Morgan fingerprint density at radius 2 is 1.88 bits per heavy atom. The lowest BCUT2D eigenvalue weighted by molar-refractivity contribution is -0.178. The predicted octanol–water partition coefficient (Wildman–Crippen LogP) is 2.07. The first-order valence-electron chi connectivity index (χ1n) is 10.1. The molecule has 4 aliphatic rings. The molecule has 0 heterocycles. The van der Waals surface area contributed by atoms with E-state index in [-0.39, 0.29) is 41.3 Å². The average Bonchev–Trinajstić information content (AvgIpc) is 2.86. The number of hydrogen-bond acceptors (Lipinski definition) is 5. The van der Waals surface area contributed by atoms with E-state index in [1.54, 1.807) is 0 Å². The maximum absolute atomic E-state index is 13.3. The third-order valence-corrected chi connectivity index (χ3v) is 8.93. The zero-order valence-electron chi connectivity index (χ0n) is 15.8. The van der Waals surface area contributed by atoms with Crippen LogP contribution in [0.3, 0.4) is 0 Å². The van der Waals surface area contributed by atoms with E-state index < -0.39 is 23.4 Å². The van der Waals surface area contributed by atoms with E-state index >= 15 is 0 Å². The van der Waals surface area contributed by atoms with E-state index in [0.717, 1.165) is 25.7 Å². The summed E-state index contributed by atoms with van der Waals surface area (Å²) in [4.78, 5) is 37.6. The minimum Gasteiger partial charge on any atom is -0.388 e. The Hall–Kier alpha value is -1.07. The lowest BCUT2D eigenvalue weighted by atomic mass is 9.44. The van der Waals surface area contributed by atoms with Crippen molar-refractivity contribution < 1.29 is 24.6 Å². The monoisotopic (exact) mass is 362 g/mol. The summed E-state index contributed by atoms with van der Waals surface area (Å²) in [5.74, 6) is 0.468. The summed E-state index contributed by atoms with van der Waals surface area (Å²) in [6, 6.07) is 0. The Morgan fingerprint density at radius 3 is 2.58 bits per heavy atom. The molecule has 2 unspecified atom stereocenters. The molecule has 4 rings (SSSR count). The largest absolute Gasteiger partial charge is 0.388 e. The van der Waals surface area contributed by atoms with Crippen LogP contribution in [0, 0.1) is 34.5 Å². The van der Waals surface area contributed by atoms with Crippen molar-refractivity contribution in [2.24, 2.45) is 34.5 Å². The van der Waals surface area contributed by atoms with Crippen LogP contribution in [0.1, 0.15) is 65.2 Å². The van der Waals surface area contributed by atoms with Crippen molar-refractivity contribution in [1.82, 2.24) is 0 Å². The van der Waals surface area contributed by atoms with Gasteiger partial charge in [0.05, 0.1) is 0 Å². The van der Waals surface area contributed by atoms with Gasteiger partial charge in [-0.1, -0.05) is 13.8 Å². The van der Waals surface area contributed by atoms with Crippen LogP contribution in [-0.4, -0.2) is 39.8 Å². The first-order valence-corrected chi connectivity index (χ1v) is 10.1. The van der Waals surface area contributed by atoms with Gasteiger partial charge >= 0.3 is 0 Å². The number of ketones is 3. The number of carbonyl (C=O) groups is 3. The molecule has 0 aromatic carbocycles. The second-order valence-electron chi connectivity index (χ2n) is 9.81. The van der Waals surface area contributed by atoms with Crippen LogP contribution in [0.2, 0.25) is 0 Å². The van der Waals surface area contributed by atoms with Crippen LogP contribution < -0.4 is 0 Å². The van der Waals surface area contributed by atoms with E-state index in [1.807, 2.05) is 6.92 Å². The van der Waals surface area contributed by atoms with E-state index in [0.29, 0.717) is 25.0 Å². The molecule has 7 atom stereocenters. The summed E-state index contributed by atoms with van der Waals surface area (Å²) in [6.45, 7) is 3.40. The fourth-order valence-electron chi connectivity index (χ4n) is 7.45. The van der Waals surface area contributed by atoms with Gasteiger partial charge in [-0.25, -0.2) is 0 Å². The van der Waals surface area contributed by atoms with Crippen molar-refractivity contribution in [1.29, 1.82) is 0 Å². The highest BCUT2D eigenvalue weighted by atomic mass is 16.3. The molecule has 5 heteroatoms. The Balaban J connectivity index is 1.71. The average molecular weight is 362 g/mol. The van der Waals surface area contributed by atoms with Gasteiger partial charge in [-0.15, -0.1) is 0 Å². The molecule has 4 aliphatic carbocycles. The minimum absolute atomic E-state index is 0.0565. The normalized spacial score (nSPS) is 50.8. The summed E-state index contributed by atoms with van der Waals surface area (Å²) in [5, 5.41) is 20.5. The second kappa shape index (κ2) is 5.71. The van der Waals surface area contributed by atoms with Gasteiger partial charge in [0.15, 0.2) is 5.78 Å². The van der Waals surface area contributed by atoms with Crippen molar-refractivity contribution >= 4 is 17.3 Å². The number of aliphatic hydroxyl groups excluding tert-OH is 1. The van der Waals surface area contributed by atoms with Crippen LogP contribution >= 0.6 is 0 Å². The fourth-order valence-corrected chi connectivity index (χ4v) is 7.45. The SMILES string of the molecule is C[C@]12CCC(=O)CC1CC[C@@H]1C3CC[C@](O)(C(=O)CO)[C@@]3(C)CC(=O)[C@H]12. The number of fused-ring (bicyclic) bond motifs is 5. The van der Waals surface area contributed by atoms with Gasteiger partial charge in [-0.2, -0.15) is 0 Å². The van der Waals surface area contributed by atoms with Crippen molar-refractivity contribution in [3.05, 3.63) is 0 Å². The molecule has 0 spiro atoms. The quantitative estimate of drug-likeness (QED) is 0.785. The standard InChI is InChI=1S/C21H30O5/c1-19-7-5-13(23)9-12(19)3-4-14-15-6-8-21(26,17(25)11-22)20(15,2)10-16(24)18(14)19/h12,14-15,18,22,26H,3-11H2,1-2H3/t12?,14-,15?,18+,19+,20+,21+/m1/s1. The molecule has 0 saturated heterocycles. The van der Waals surface area contributed by atoms with E-state index in [4.69, 9.17) is 0 Å². The Labute approximate surface area is 154 Å². The van der Waals surface area contributed by atoms with Crippen molar-refractivity contribution in [2.45, 2.75) is 70.8 Å². The van der Waals surface area contributed by atoms with Gasteiger partial charge < -0.3 is 10.2 Å². The van der Waals surface area contributed by atoms with Crippen LogP contribution in [0.15, 0.2) is 0 Å². The highest BCUT2D eigenvalue weighted by molar-refractivity contribution is 5.92. The minimum atomic E-state index is -1.59. The van der Waals surface area contributed by atoms with Gasteiger partial charge in [0.1, 0.15) is 23.8 Å². The molecule has 0 amide bonds. The van der Waals surface area contributed by atoms with Gasteiger partial charge in [0.25, 0.3) is 0 Å². The van der Waals surface area contributed by atoms with E-state index in [2.05, 4.69) is 6.92 Å². The molecule has 0 aliphatic heterocycles. The number of rotatable bonds is 2. The first-order chi connectivity index (χ1) is 12.2. The maximum atomic E-state index is 13.3. The molecule has 0 aromatic rings. The highest BCUT2D eigenvalue weighted by Gasteiger charge is 2.68. The number of carbonyl (C=O) groups excluding carboxylic acids is 3. The van der Waals surface area contributed by atoms with Gasteiger partial charge in [-0.3, -0.25) is 14.4 Å². The second-order valence-corrected chi connectivity index (χ2v) is 9.81. The Morgan fingerprint density at radius 1 is 1.15 bits per heavy atom. The van der Waals surface area contributed by atoms with Crippen molar-refractivity contribution in [3.63, 3.8) is 0 Å². The predicted molar refractivity (Wildman–Crippen MR) is 94.2 cm³/mol. The fraction of sp³-hybridized carbons (Fsp3) is 0.857. The van der Waals surface area contributed by atoms with Crippen LogP contribution in [0.5, 0.6) is 0 Å². The summed E-state index contributed by atoms with van der Waals surface area (Å²) < 4.78 is 0. The van der Waals surface area contributed by atoms with E-state index in [1.165, 1.54) is 0 Å². The molecule has 4 fully saturated rings. The third-order valence-electron chi connectivity index (χ3n) is 8.93. The lowest BCUT2D eigenvalue weighted by Crippen LogP contribution is -2.62. The molecule has 0 bridgehead atoms. The topological polar surface area (TPSA) is 91.7 Å². The molecule has 4 saturated carbocycles. The lowest BCUT2D eigenvalue weighted by Gasteiger charge is -2.59. The summed E-state index contributed by atoms with van der Waals surface area (Å²) >= 11 is 0. The molecular weight excluding hydrogens is 332 g/mol. The number of hydrogen-bond donors (Lipinski definition) is 2. The molecule has 0 radical (unpaired) electrons. The zero-order chi connectivity index (χ0) is 18.9. The Bertz CT molecular complexity index is 671. The molecule has 144 valence electrons. The maximum Gasteiger partial charge on any atom is 0.190 e. The van der Waals surface area contributed by atoms with Crippen LogP contribution in [0.4, 0.5) is 0 Å². The summed E-state index contributed by atoms with van der Waals surface area (Å²) in [7, 11) is 0. The third kappa shape index (κ3) is 2.13. The van der Waals surface area contributed by atoms with E-state index in [9.17, 15) is 24.6 Å². The summed E-state index contributed by atoms with van der Waals surface area (Å²) in [6.07, 6.45) is 5.07. The number of aliphatic hydroxyl groups is 2. The van der Waals surface area contributed by atoms with Gasteiger partial charge in [0.2, 0.25) is 0 Å². The van der Waals surface area contributed by atoms with Gasteiger partial charge in [-0.05, 0) is 55.3 Å². The molecule has 2 N–H and O–H groups in total. The highest BCUT2D eigenvalue weighted by Crippen LogP contribution is 2.67. The summed E-state index contributed by atoms with van der Waals surface area (Å²) in [5.41, 5.74) is -2.50. The molecule has 0 aromatic heterocycles. The first kappa shape index (κ1) is 18.3. The molecular formula is C21H30O5. The smallest absolute Gasteiger partial charge is 0.190 e. The molecule has 26 heavy (non-hydrogen) atoms. The zero-order valence-corrected chi connectivity index (χ0v) is 15.8. The molecule has 5 nitrogen and oxygen atoms in total. The van der Waals surface area contributed by atoms with Crippen LogP contribution in [-0.2, 0) is 14.4 Å². The van der Waals surface area contributed by atoms with Gasteiger partial charge in [0, 0.05) is 30.6 Å². The van der Waals surface area contributed by atoms with Crippen molar-refractivity contribution in [2.75, 3.05) is 6.61 Å². The van der Waals surface area contributed by atoms with Crippen molar-refractivity contribution in [3.8, 4) is 0 Å². The number of Topliss-reactive ketones (excluding diaryl/α,β-unsaturated/α-hetero) is 3. The Kier molecular flexibility index (Phi) is 4.02.